The van der Waals surface area contributed by atoms with Crippen LogP contribution in [0.25, 0.3) is 0 Å². The van der Waals surface area contributed by atoms with Gasteiger partial charge in [0.1, 0.15) is 17.8 Å². The molecule has 26 heavy (non-hydrogen) atoms. The number of nitrogens with two attached hydrogens (primary N) is 1. The molecule has 0 bridgehead atoms. The maximum atomic E-state index is 6.36. The van der Waals surface area contributed by atoms with E-state index in [1.54, 1.807) is 0 Å². The average molecular weight is 367 g/mol. The second-order valence-electron chi connectivity index (χ2n) is 6.42. The second kappa shape index (κ2) is 6.50. The normalized spacial score (nSPS) is 13.0. The molecule has 5 nitrogen and oxygen atoms in total. The summed E-state index contributed by atoms with van der Waals surface area (Å²) in [4.78, 5) is 10.7. The van der Waals surface area contributed by atoms with Gasteiger partial charge in [0.05, 0.1) is 0 Å². The van der Waals surface area contributed by atoms with Crippen molar-refractivity contribution < 1.29 is 4.74 Å². The van der Waals surface area contributed by atoms with E-state index in [0.29, 0.717) is 23.1 Å². The Hall–Kier alpha value is -2.79. The van der Waals surface area contributed by atoms with Gasteiger partial charge in [0.25, 0.3) is 0 Å². The molecule has 0 radical (unpaired) electrons. The van der Waals surface area contributed by atoms with Crippen molar-refractivity contribution in [3.63, 3.8) is 0 Å². The molecule has 132 valence electrons. The minimum atomic E-state index is 0.348. The number of rotatable bonds is 3. The van der Waals surface area contributed by atoms with Crippen LogP contribution in [0.1, 0.15) is 16.7 Å². The highest BCUT2D eigenvalue weighted by molar-refractivity contribution is 6.32. The fourth-order valence-corrected chi connectivity index (χ4v) is 3.41. The van der Waals surface area contributed by atoms with E-state index >= 15 is 0 Å². The summed E-state index contributed by atoms with van der Waals surface area (Å²) in [6.45, 7) is 4.72. The van der Waals surface area contributed by atoms with Gasteiger partial charge in [-0.25, -0.2) is 4.98 Å². The van der Waals surface area contributed by atoms with Gasteiger partial charge in [-0.15, -0.1) is 0 Å². The highest BCUT2D eigenvalue weighted by Gasteiger charge is 2.24. The lowest BCUT2D eigenvalue weighted by molar-refractivity contribution is 0.463. The maximum Gasteiger partial charge on any atom is 0.248 e. The fraction of sp³-hybridized carbons (Fsp3) is 0.200. The van der Waals surface area contributed by atoms with Crippen LogP contribution in [0.4, 0.5) is 17.2 Å². The molecule has 2 aromatic carbocycles. The number of hydrogen-bond acceptors (Lipinski definition) is 5. The van der Waals surface area contributed by atoms with E-state index in [2.05, 4.69) is 27.0 Å². The van der Waals surface area contributed by atoms with Crippen molar-refractivity contribution >= 4 is 28.8 Å². The Morgan fingerprint density at radius 1 is 1.12 bits per heavy atom. The minimum Gasteiger partial charge on any atom is -0.437 e. The summed E-state index contributed by atoms with van der Waals surface area (Å²) < 4.78 is 5.95. The Kier molecular flexibility index (Phi) is 4.17. The van der Waals surface area contributed by atoms with Crippen molar-refractivity contribution in [1.82, 2.24) is 9.97 Å². The average Bonchev–Trinajstić information content (AvgIpc) is 3.05. The van der Waals surface area contributed by atoms with Crippen LogP contribution in [0.3, 0.4) is 0 Å². The third-order valence-corrected chi connectivity index (χ3v) is 5.19. The highest BCUT2D eigenvalue weighted by Crippen LogP contribution is 2.39. The highest BCUT2D eigenvalue weighted by atomic mass is 35.5. The third kappa shape index (κ3) is 2.84. The molecule has 0 amide bonds. The number of halogens is 1. The van der Waals surface area contributed by atoms with Crippen LogP contribution in [0.2, 0.25) is 5.02 Å². The van der Waals surface area contributed by atoms with Crippen molar-refractivity contribution in [2.24, 2.45) is 0 Å². The molecule has 0 saturated carbocycles. The molecule has 0 atom stereocenters. The molecule has 0 fully saturated rings. The number of aryl methyl sites for hydroxylation is 2. The Morgan fingerprint density at radius 2 is 1.85 bits per heavy atom. The van der Waals surface area contributed by atoms with E-state index in [-0.39, 0.29) is 0 Å². The van der Waals surface area contributed by atoms with Crippen LogP contribution in [0, 0.1) is 13.8 Å². The van der Waals surface area contributed by atoms with Crippen molar-refractivity contribution in [1.29, 1.82) is 0 Å². The second-order valence-corrected chi connectivity index (χ2v) is 6.80. The van der Waals surface area contributed by atoms with Crippen LogP contribution in [0.5, 0.6) is 11.6 Å². The van der Waals surface area contributed by atoms with Gasteiger partial charge in [-0.05, 0) is 55.2 Å². The number of nitrogen functional groups attached to an aromatic ring is 1. The molecule has 0 aliphatic carbocycles. The Labute approximate surface area is 157 Å². The molecule has 0 saturated heterocycles. The van der Waals surface area contributed by atoms with Gasteiger partial charge in [0.15, 0.2) is 5.82 Å². The number of para-hydroxylation sites is 1. The quantitative estimate of drug-likeness (QED) is 0.720. The first-order chi connectivity index (χ1) is 12.5. The molecule has 2 N–H and O–H groups in total. The molecule has 0 unspecified atom stereocenters. The van der Waals surface area contributed by atoms with Gasteiger partial charge < -0.3 is 15.4 Å². The van der Waals surface area contributed by atoms with Crippen LogP contribution in [0.15, 0.2) is 42.7 Å². The standard InChI is InChI=1S/C20H19ClN4O/c1-12-9-15(10-13(2)17(12)21)26-20-18(22)19(23-11-24-20)25-8-7-14-5-3-4-6-16(14)25/h3-6,9-11H,7-8,22H2,1-2H3. The number of ether oxygens (including phenoxy) is 1. The SMILES string of the molecule is Cc1cc(Oc2ncnc(N3CCc4ccccc43)c2N)cc(C)c1Cl. The Bertz CT molecular complexity index is 966. The zero-order chi connectivity index (χ0) is 18.3. The largest absolute Gasteiger partial charge is 0.437 e. The third-order valence-electron chi connectivity index (χ3n) is 4.59. The van der Waals surface area contributed by atoms with Gasteiger partial charge in [-0.3, -0.25) is 0 Å². The number of hydrogen-bond donors (Lipinski definition) is 1. The summed E-state index contributed by atoms with van der Waals surface area (Å²) in [5.74, 6) is 1.67. The van der Waals surface area contributed by atoms with E-state index < -0.39 is 0 Å². The summed E-state index contributed by atoms with van der Waals surface area (Å²) in [7, 11) is 0. The van der Waals surface area contributed by atoms with Gasteiger partial charge in [0, 0.05) is 17.3 Å². The molecule has 1 aromatic heterocycles. The molecular weight excluding hydrogens is 348 g/mol. The van der Waals surface area contributed by atoms with E-state index in [0.717, 1.165) is 34.8 Å². The van der Waals surface area contributed by atoms with Crippen LogP contribution >= 0.6 is 11.6 Å². The van der Waals surface area contributed by atoms with Crippen molar-refractivity contribution in [3.05, 3.63) is 64.4 Å². The van der Waals surface area contributed by atoms with Crippen LogP contribution < -0.4 is 15.4 Å². The minimum absolute atomic E-state index is 0.348. The summed E-state index contributed by atoms with van der Waals surface area (Å²) in [6.07, 6.45) is 2.45. The molecular formula is C20H19ClN4O. The van der Waals surface area contributed by atoms with E-state index in [9.17, 15) is 0 Å². The maximum absolute atomic E-state index is 6.36. The molecule has 2 heterocycles. The summed E-state index contributed by atoms with van der Waals surface area (Å²) in [5.41, 5.74) is 11.1. The predicted molar refractivity (Wildman–Crippen MR) is 105 cm³/mol. The first kappa shape index (κ1) is 16.7. The lowest BCUT2D eigenvalue weighted by Crippen LogP contribution is -2.17. The molecule has 1 aliphatic heterocycles. The summed E-state index contributed by atoms with van der Waals surface area (Å²) in [5, 5.41) is 0.738. The smallest absolute Gasteiger partial charge is 0.248 e. The topological polar surface area (TPSA) is 64.3 Å². The zero-order valence-electron chi connectivity index (χ0n) is 14.7. The Morgan fingerprint density at radius 3 is 2.62 bits per heavy atom. The molecule has 3 aromatic rings. The Balaban J connectivity index is 1.69. The first-order valence-electron chi connectivity index (χ1n) is 8.45. The number of aromatic nitrogens is 2. The van der Waals surface area contributed by atoms with Crippen LogP contribution in [-0.4, -0.2) is 16.5 Å². The molecule has 1 aliphatic rings. The van der Waals surface area contributed by atoms with Crippen molar-refractivity contribution in [3.8, 4) is 11.6 Å². The van der Waals surface area contributed by atoms with E-state index in [1.165, 1.54) is 11.9 Å². The number of fused-ring (bicyclic) bond motifs is 1. The number of benzene rings is 2. The fourth-order valence-electron chi connectivity index (χ4n) is 3.30. The first-order valence-corrected chi connectivity index (χ1v) is 8.83. The van der Waals surface area contributed by atoms with Gasteiger partial charge >= 0.3 is 0 Å². The van der Waals surface area contributed by atoms with Crippen LogP contribution in [-0.2, 0) is 6.42 Å². The van der Waals surface area contributed by atoms with E-state index in [4.69, 9.17) is 22.1 Å². The van der Waals surface area contributed by atoms with Gasteiger partial charge in [0.2, 0.25) is 5.88 Å². The van der Waals surface area contributed by atoms with Crippen molar-refractivity contribution in [2.45, 2.75) is 20.3 Å². The lowest BCUT2D eigenvalue weighted by Gasteiger charge is -2.21. The van der Waals surface area contributed by atoms with Gasteiger partial charge in [-0.1, -0.05) is 29.8 Å². The number of anilines is 3. The predicted octanol–water partition coefficient (Wildman–Crippen LogP) is 4.82. The number of nitrogens with zero attached hydrogens (tertiary/aromatic N) is 3. The zero-order valence-corrected chi connectivity index (χ0v) is 15.4. The van der Waals surface area contributed by atoms with E-state index in [1.807, 2.05) is 38.1 Å². The summed E-state index contributed by atoms with van der Waals surface area (Å²) >= 11 is 6.23. The monoisotopic (exact) mass is 366 g/mol. The molecule has 4 rings (SSSR count). The van der Waals surface area contributed by atoms with Gasteiger partial charge in [-0.2, -0.15) is 4.98 Å². The molecule has 6 heteroatoms. The summed E-state index contributed by atoms with van der Waals surface area (Å²) in [6, 6.07) is 12.0. The molecule has 0 spiro atoms. The van der Waals surface area contributed by atoms with Crippen molar-refractivity contribution in [2.75, 3.05) is 17.2 Å². The lowest BCUT2D eigenvalue weighted by atomic mass is 10.1.